The molecule has 0 aliphatic carbocycles. The Hall–Kier alpha value is -4.01. The van der Waals surface area contributed by atoms with Crippen molar-refractivity contribution < 1.29 is 24.0 Å². The summed E-state index contributed by atoms with van der Waals surface area (Å²) in [5.74, 6) is -2.80. The number of nitro groups is 1. The van der Waals surface area contributed by atoms with Gasteiger partial charge in [0.05, 0.1) is 29.9 Å². The zero-order valence-corrected chi connectivity index (χ0v) is 17.3. The molecule has 0 saturated carbocycles. The lowest BCUT2D eigenvalue weighted by molar-refractivity contribution is -0.384. The normalized spacial score (nSPS) is 25.4. The predicted molar refractivity (Wildman–Crippen MR) is 115 cm³/mol. The monoisotopic (exact) mass is 433 g/mol. The number of ether oxygens (including phenoxy) is 1. The highest BCUT2D eigenvalue weighted by atomic mass is 16.6. The fourth-order valence-corrected chi connectivity index (χ4v) is 5.18. The first-order valence-corrected chi connectivity index (χ1v) is 10.1. The number of nitro benzene ring substituents is 1. The minimum Gasteiger partial charge on any atom is -0.495 e. The Morgan fingerprint density at radius 2 is 1.78 bits per heavy atom. The minimum absolute atomic E-state index is 0.0140. The number of carbonyl (C=O) groups is 3. The molecule has 0 aromatic heterocycles. The zero-order valence-electron chi connectivity index (χ0n) is 17.3. The molecule has 9 nitrogen and oxygen atoms in total. The second-order valence-electron chi connectivity index (χ2n) is 8.05. The van der Waals surface area contributed by atoms with E-state index in [0.717, 1.165) is 22.2 Å². The van der Waals surface area contributed by atoms with Gasteiger partial charge in [-0.2, -0.15) is 0 Å². The molecular weight excluding hydrogens is 414 g/mol. The van der Waals surface area contributed by atoms with Gasteiger partial charge in [0.2, 0.25) is 11.8 Å². The van der Waals surface area contributed by atoms with Gasteiger partial charge in [0.1, 0.15) is 17.5 Å². The van der Waals surface area contributed by atoms with Crippen LogP contribution in [0.15, 0.2) is 48.5 Å². The summed E-state index contributed by atoms with van der Waals surface area (Å²) in [5, 5.41) is 11.3. The Morgan fingerprint density at radius 3 is 2.47 bits per heavy atom. The van der Waals surface area contributed by atoms with Gasteiger partial charge in [-0.3, -0.25) is 24.5 Å². The number of imide groups is 1. The van der Waals surface area contributed by atoms with E-state index in [1.807, 2.05) is 41.3 Å². The van der Waals surface area contributed by atoms with Crippen LogP contribution in [0.25, 0.3) is 6.08 Å². The van der Waals surface area contributed by atoms with Crippen LogP contribution in [0.4, 0.5) is 17.1 Å². The maximum Gasteiger partial charge on any atom is 0.271 e. The molecular formula is C23H19N3O6. The third kappa shape index (κ3) is 2.60. The van der Waals surface area contributed by atoms with Crippen LogP contribution in [0.3, 0.4) is 0 Å². The molecule has 2 aromatic carbocycles. The van der Waals surface area contributed by atoms with Crippen molar-refractivity contribution in [1.29, 1.82) is 0 Å². The maximum absolute atomic E-state index is 13.6. The summed E-state index contributed by atoms with van der Waals surface area (Å²) >= 11 is 0. The lowest BCUT2D eigenvalue weighted by Gasteiger charge is -2.36. The number of benzene rings is 2. The number of non-ortho nitro benzene ring substituents is 1. The molecule has 0 N–H and O–H groups in total. The fraction of sp³-hybridized carbons (Fsp3) is 0.261. The number of Topliss-reactive ketones (excluding diaryl/α,β-unsaturated/α-hetero) is 1. The molecule has 9 heteroatoms. The lowest BCUT2D eigenvalue weighted by atomic mass is 9.88. The Balaban J connectivity index is 1.64. The molecule has 0 spiro atoms. The van der Waals surface area contributed by atoms with Crippen molar-refractivity contribution in [1.82, 2.24) is 0 Å². The van der Waals surface area contributed by atoms with E-state index in [1.165, 1.54) is 26.2 Å². The van der Waals surface area contributed by atoms with E-state index in [0.29, 0.717) is 0 Å². The van der Waals surface area contributed by atoms with Gasteiger partial charge >= 0.3 is 0 Å². The molecule has 2 amide bonds. The summed E-state index contributed by atoms with van der Waals surface area (Å²) in [6, 6.07) is 9.98. The van der Waals surface area contributed by atoms with E-state index in [2.05, 4.69) is 0 Å². The van der Waals surface area contributed by atoms with Gasteiger partial charge < -0.3 is 9.64 Å². The molecule has 3 aliphatic rings. The molecule has 0 unspecified atom stereocenters. The number of methoxy groups -OCH3 is 1. The van der Waals surface area contributed by atoms with Crippen LogP contribution in [0, 0.1) is 22.0 Å². The first-order chi connectivity index (χ1) is 15.3. The predicted octanol–water partition coefficient (Wildman–Crippen LogP) is 2.58. The zero-order chi connectivity index (χ0) is 22.7. The summed E-state index contributed by atoms with van der Waals surface area (Å²) in [5.41, 5.74) is 1.46. The van der Waals surface area contributed by atoms with Crippen LogP contribution >= 0.6 is 0 Å². The van der Waals surface area contributed by atoms with Crippen molar-refractivity contribution in [3.05, 3.63) is 64.2 Å². The number of rotatable bonds is 4. The van der Waals surface area contributed by atoms with E-state index in [-0.39, 0.29) is 22.9 Å². The third-order valence-electron chi connectivity index (χ3n) is 6.45. The van der Waals surface area contributed by atoms with Crippen LogP contribution in [-0.4, -0.2) is 41.7 Å². The quantitative estimate of drug-likeness (QED) is 0.414. The largest absolute Gasteiger partial charge is 0.495 e. The van der Waals surface area contributed by atoms with Gasteiger partial charge in [-0.25, -0.2) is 4.90 Å². The number of carbonyl (C=O) groups excluding carboxylic acids is 3. The molecule has 5 rings (SSSR count). The fourth-order valence-electron chi connectivity index (χ4n) is 5.18. The highest BCUT2D eigenvalue weighted by molar-refractivity contribution is 6.25. The van der Waals surface area contributed by atoms with Crippen LogP contribution in [0.2, 0.25) is 0 Å². The molecule has 3 aliphatic heterocycles. The number of hydrogen-bond acceptors (Lipinski definition) is 7. The average molecular weight is 433 g/mol. The number of hydrogen-bond donors (Lipinski definition) is 0. The van der Waals surface area contributed by atoms with Crippen molar-refractivity contribution in [2.75, 3.05) is 16.9 Å². The summed E-state index contributed by atoms with van der Waals surface area (Å²) in [6.45, 7) is 1.42. The summed E-state index contributed by atoms with van der Waals surface area (Å²) in [4.78, 5) is 53.4. The summed E-state index contributed by atoms with van der Waals surface area (Å²) in [6.07, 6.45) is 3.74. The Kier molecular flexibility index (Phi) is 4.37. The Labute approximate surface area is 183 Å². The standard InChI is InChI=1S/C23H19N3O6/c1-12(27)21-20-19(16-9-7-13-5-3-4-6-15(13)24(16)21)22(28)25(23(20)29)17-11-14(26(30)31)8-10-18(17)32-2/h3-11,16,19-21H,1-2H3/t16-,19-,20-,21-/m0/s1. The van der Waals surface area contributed by atoms with E-state index < -0.39 is 40.7 Å². The van der Waals surface area contributed by atoms with E-state index in [1.54, 1.807) is 0 Å². The van der Waals surface area contributed by atoms with Gasteiger partial charge in [-0.1, -0.05) is 30.4 Å². The number of para-hydroxylation sites is 1. The molecule has 0 bridgehead atoms. The van der Waals surface area contributed by atoms with Crippen molar-refractivity contribution in [3.63, 3.8) is 0 Å². The second-order valence-corrected chi connectivity index (χ2v) is 8.05. The van der Waals surface area contributed by atoms with Gasteiger partial charge in [-0.15, -0.1) is 0 Å². The molecule has 2 saturated heterocycles. The van der Waals surface area contributed by atoms with Gasteiger partial charge in [0.15, 0.2) is 5.78 Å². The molecule has 2 fully saturated rings. The van der Waals surface area contributed by atoms with Crippen molar-refractivity contribution in [3.8, 4) is 5.75 Å². The second kappa shape index (κ2) is 7.01. The molecule has 2 aromatic rings. The van der Waals surface area contributed by atoms with Crippen LogP contribution in [-0.2, 0) is 14.4 Å². The minimum atomic E-state index is -0.898. The van der Waals surface area contributed by atoms with E-state index in [9.17, 15) is 24.5 Å². The van der Waals surface area contributed by atoms with Crippen LogP contribution in [0.1, 0.15) is 12.5 Å². The van der Waals surface area contributed by atoms with E-state index >= 15 is 0 Å². The Bertz CT molecular complexity index is 1220. The number of anilines is 2. The smallest absolute Gasteiger partial charge is 0.271 e. The van der Waals surface area contributed by atoms with Crippen LogP contribution < -0.4 is 14.5 Å². The summed E-state index contributed by atoms with van der Waals surface area (Å²) < 4.78 is 5.28. The highest BCUT2D eigenvalue weighted by Crippen LogP contribution is 2.50. The third-order valence-corrected chi connectivity index (χ3v) is 6.45. The van der Waals surface area contributed by atoms with Gasteiger partial charge in [0.25, 0.3) is 5.69 Å². The highest BCUT2D eigenvalue weighted by Gasteiger charge is 2.64. The molecule has 32 heavy (non-hydrogen) atoms. The van der Waals surface area contributed by atoms with E-state index in [4.69, 9.17) is 4.74 Å². The lowest BCUT2D eigenvalue weighted by Crippen LogP contribution is -2.48. The van der Waals surface area contributed by atoms with Crippen molar-refractivity contribution in [2.45, 2.75) is 19.0 Å². The first-order valence-electron chi connectivity index (χ1n) is 10.1. The van der Waals surface area contributed by atoms with Gasteiger partial charge in [0, 0.05) is 17.8 Å². The average Bonchev–Trinajstić information content (AvgIpc) is 3.26. The Morgan fingerprint density at radius 1 is 1.06 bits per heavy atom. The van der Waals surface area contributed by atoms with Crippen molar-refractivity contribution >= 4 is 40.7 Å². The number of nitrogens with zero attached hydrogens (tertiary/aromatic N) is 3. The topological polar surface area (TPSA) is 110 Å². The molecule has 4 atom stereocenters. The number of fused-ring (bicyclic) bond motifs is 5. The SMILES string of the molecule is COc1ccc([N+](=O)[O-])cc1N1C(=O)[C@@H]2[C@H](C1=O)[C@H](C(C)=O)N1c3ccccc3C=C[C@@H]21. The number of ketones is 1. The molecule has 3 heterocycles. The van der Waals surface area contributed by atoms with Crippen LogP contribution in [0.5, 0.6) is 5.75 Å². The van der Waals surface area contributed by atoms with Gasteiger partial charge in [-0.05, 0) is 24.6 Å². The number of amides is 2. The van der Waals surface area contributed by atoms with Crippen molar-refractivity contribution in [2.24, 2.45) is 11.8 Å². The maximum atomic E-state index is 13.6. The summed E-state index contributed by atoms with van der Waals surface area (Å²) in [7, 11) is 1.36. The molecule has 162 valence electrons. The molecule has 0 radical (unpaired) electrons. The first kappa shape index (κ1) is 19.9.